The van der Waals surface area contributed by atoms with Crippen molar-refractivity contribution in [1.82, 2.24) is 0 Å². The molecule has 0 saturated heterocycles. The Balaban J connectivity index is 1.79. The second-order valence-electron chi connectivity index (χ2n) is 5.31. The molecule has 0 bridgehead atoms. The Labute approximate surface area is 142 Å². The van der Waals surface area contributed by atoms with Crippen molar-refractivity contribution in [1.29, 1.82) is 0 Å². The van der Waals surface area contributed by atoms with E-state index in [1.807, 2.05) is 19.1 Å². The van der Waals surface area contributed by atoms with E-state index in [1.165, 1.54) is 0 Å². The van der Waals surface area contributed by atoms with Gasteiger partial charge < -0.3 is 4.74 Å². The van der Waals surface area contributed by atoms with Gasteiger partial charge in [-0.15, -0.1) is 0 Å². The van der Waals surface area contributed by atoms with Gasteiger partial charge in [0.15, 0.2) is 6.29 Å². The number of aryl methyl sites for hydroxylation is 2. The van der Waals surface area contributed by atoms with Gasteiger partial charge in [-0.1, -0.05) is 29.8 Å². The lowest BCUT2D eigenvalue weighted by molar-refractivity contribution is -0.109. The monoisotopic (exact) mass is 348 g/mol. The molecule has 0 unspecified atom stereocenters. The number of hydrogen-bond acceptors (Lipinski definition) is 5. The van der Waals surface area contributed by atoms with Gasteiger partial charge >= 0.3 is 0 Å². The molecule has 0 radical (unpaired) electrons. The third-order valence-corrected chi connectivity index (χ3v) is 4.73. The molecule has 2 aromatic carbocycles. The number of carbonyl (C=O) groups is 1. The quantitative estimate of drug-likeness (QED) is 0.396. The molecule has 0 fully saturated rings. The molecule has 0 saturated carbocycles. The van der Waals surface area contributed by atoms with Crippen LogP contribution < -0.4 is 4.74 Å². The summed E-state index contributed by atoms with van der Waals surface area (Å²) in [6, 6.07) is 13.9. The van der Waals surface area contributed by atoms with Gasteiger partial charge in [0.05, 0.1) is 11.5 Å². The molecule has 0 amide bonds. The lowest BCUT2D eigenvalue weighted by atomic mass is 10.1. The average molecular weight is 348 g/mol. The molecule has 2 rings (SSSR count). The van der Waals surface area contributed by atoms with Crippen molar-refractivity contribution in [3.05, 3.63) is 59.7 Å². The van der Waals surface area contributed by atoms with E-state index in [1.54, 1.807) is 36.4 Å². The Hall–Kier alpha value is -2.18. The fourth-order valence-electron chi connectivity index (χ4n) is 2.10. The summed E-state index contributed by atoms with van der Waals surface area (Å²) in [5.41, 5.74) is 2.04. The molecule has 6 heteroatoms. The Kier molecular flexibility index (Phi) is 6.52. The zero-order chi connectivity index (χ0) is 17.4. The third kappa shape index (κ3) is 5.47. The van der Waals surface area contributed by atoms with Crippen LogP contribution in [0.4, 0.5) is 0 Å². The highest BCUT2D eigenvalue weighted by atomic mass is 32.2. The smallest absolute Gasteiger partial charge is 0.296 e. The molecular weight excluding hydrogens is 328 g/mol. The summed E-state index contributed by atoms with van der Waals surface area (Å²) in [7, 11) is -3.70. The largest absolute Gasteiger partial charge is 0.486 e. The first-order valence-electron chi connectivity index (χ1n) is 7.63. The lowest BCUT2D eigenvalue weighted by Gasteiger charge is -2.07. The summed E-state index contributed by atoms with van der Waals surface area (Å²) in [5.74, 6) is 0.629. The van der Waals surface area contributed by atoms with Gasteiger partial charge in [-0.25, -0.2) is 0 Å². The average Bonchev–Trinajstić information content (AvgIpc) is 2.58. The van der Waals surface area contributed by atoms with E-state index in [4.69, 9.17) is 8.92 Å². The predicted molar refractivity (Wildman–Crippen MR) is 90.6 cm³/mol. The summed E-state index contributed by atoms with van der Waals surface area (Å²) in [4.78, 5) is 10.4. The molecule has 5 nitrogen and oxygen atoms in total. The van der Waals surface area contributed by atoms with Gasteiger partial charge in [0.2, 0.25) is 0 Å². The summed E-state index contributed by atoms with van der Waals surface area (Å²) in [6.07, 6.45) is 1.97. The minimum atomic E-state index is -3.70. The Morgan fingerprint density at radius 2 is 1.67 bits per heavy atom. The van der Waals surface area contributed by atoms with Crippen molar-refractivity contribution in [2.75, 3.05) is 13.2 Å². The number of hydrogen-bond donors (Lipinski definition) is 0. The third-order valence-electron chi connectivity index (χ3n) is 3.40. The molecule has 24 heavy (non-hydrogen) atoms. The molecule has 0 spiro atoms. The van der Waals surface area contributed by atoms with Crippen molar-refractivity contribution in [2.24, 2.45) is 0 Å². The van der Waals surface area contributed by atoms with Crippen molar-refractivity contribution in [3.8, 4) is 5.75 Å². The maximum absolute atomic E-state index is 12.0. The van der Waals surface area contributed by atoms with Gasteiger partial charge in [0.1, 0.15) is 12.4 Å². The van der Waals surface area contributed by atoms with Gasteiger partial charge in [0.25, 0.3) is 10.1 Å². The van der Waals surface area contributed by atoms with E-state index in [0.717, 1.165) is 11.1 Å². The SMILES string of the molecule is Cc1ccc(S(=O)(=O)OCCCc2ccc(OCC=O)cc2)cc1. The first-order chi connectivity index (χ1) is 11.5. The van der Waals surface area contributed by atoms with Crippen LogP contribution in [0.3, 0.4) is 0 Å². The highest BCUT2D eigenvalue weighted by Crippen LogP contribution is 2.15. The molecule has 128 valence electrons. The van der Waals surface area contributed by atoms with E-state index in [0.29, 0.717) is 24.9 Å². The van der Waals surface area contributed by atoms with Crippen LogP contribution >= 0.6 is 0 Å². The lowest BCUT2D eigenvalue weighted by Crippen LogP contribution is -2.08. The molecule has 0 N–H and O–H groups in total. The first-order valence-corrected chi connectivity index (χ1v) is 9.03. The molecule has 2 aromatic rings. The molecule has 0 heterocycles. The van der Waals surface area contributed by atoms with Crippen molar-refractivity contribution >= 4 is 16.4 Å². The Morgan fingerprint density at radius 1 is 1.00 bits per heavy atom. The summed E-state index contributed by atoms with van der Waals surface area (Å²) >= 11 is 0. The standard InChI is InChI=1S/C18H20O5S/c1-15-4-10-18(11-5-15)24(20,21)23-13-2-3-16-6-8-17(9-7-16)22-14-12-19/h4-12H,2-3,13-14H2,1H3. The van der Waals surface area contributed by atoms with Crippen molar-refractivity contribution < 1.29 is 22.1 Å². The van der Waals surface area contributed by atoms with Gasteiger partial charge in [-0.3, -0.25) is 8.98 Å². The molecule has 0 aromatic heterocycles. The summed E-state index contributed by atoms with van der Waals surface area (Å²) in [6.45, 7) is 2.05. The maximum Gasteiger partial charge on any atom is 0.296 e. The zero-order valence-electron chi connectivity index (χ0n) is 13.5. The van der Waals surface area contributed by atoms with Gasteiger partial charge in [-0.2, -0.15) is 8.42 Å². The van der Waals surface area contributed by atoms with Gasteiger partial charge in [-0.05, 0) is 49.6 Å². The number of ether oxygens (including phenoxy) is 1. The van der Waals surface area contributed by atoms with Crippen LogP contribution in [0.25, 0.3) is 0 Å². The second kappa shape index (κ2) is 8.61. The maximum atomic E-state index is 12.0. The number of benzene rings is 2. The van der Waals surface area contributed by atoms with Crippen LogP contribution in [0.1, 0.15) is 17.5 Å². The van der Waals surface area contributed by atoms with E-state index < -0.39 is 10.1 Å². The number of carbonyl (C=O) groups excluding carboxylic acids is 1. The molecule has 0 aliphatic heterocycles. The fraction of sp³-hybridized carbons (Fsp3) is 0.278. The normalized spacial score (nSPS) is 11.2. The minimum Gasteiger partial charge on any atom is -0.486 e. The first kappa shape index (κ1) is 18.2. The van der Waals surface area contributed by atoms with E-state index in [2.05, 4.69) is 0 Å². The Bertz CT molecular complexity index is 749. The summed E-state index contributed by atoms with van der Waals surface area (Å²) in [5, 5.41) is 0. The highest BCUT2D eigenvalue weighted by Gasteiger charge is 2.14. The predicted octanol–water partition coefficient (Wildman–Crippen LogP) is 2.91. The molecular formula is C18H20O5S. The fourth-order valence-corrected chi connectivity index (χ4v) is 3.04. The Morgan fingerprint density at radius 3 is 2.29 bits per heavy atom. The minimum absolute atomic E-state index is 0.0318. The van der Waals surface area contributed by atoms with Crippen LogP contribution in [-0.4, -0.2) is 27.9 Å². The van der Waals surface area contributed by atoms with E-state index in [9.17, 15) is 13.2 Å². The van der Waals surface area contributed by atoms with E-state index >= 15 is 0 Å². The van der Waals surface area contributed by atoms with Crippen LogP contribution in [0.2, 0.25) is 0 Å². The van der Waals surface area contributed by atoms with Crippen LogP contribution in [0.5, 0.6) is 5.75 Å². The zero-order valence-corrected chi connectivity index (χ0v) is 14.3. The number of rotatable bonds is 9. The van der Waals surface area contributed by atoms with E-state index in [-0.39, 0.29) is 18.1 Å². The second-order valence-corrected chi connectivity index (χ2v) is 6.93. The highest BCUT2D eigenvalue weighted by molar-refractivity contribution is 7.86. The van der Waals surface area contributed by atoms with Crippen LogP contribution in [0.15, 0.2) is 53.4 Å². The molecule has 0 atom stereocenters. The van der Waals surface area contributed by atoms with Gasteiger partial charge in [0, 0.05) is 0 Å². The van der Waals surface area contributed by atoms with Crippen LogP contribution in [-0.2, 0) is 25.5 Å². The molecule has 0 aliphatic rings. The summed E-state index contributed by atoms with van der Waals surface area (Å²) < 4.78 is 34.3. The van der Waals surface area contributed by atoms with Crippen LogP contribution in [0, 0.1) is 6.92 Å². The molecule has 0 aliphatic carbocycles. The van der Waals surface area contributed by atoms with Crippen molar-refractivity contribution in [2.45, 2.75) is 24.7 Å². The topological polar surface area (TPSA) is 69.7 Å². The van der Waals surface area contributed by atoms with Crippen molar-refractivity contribution in [3.63, 3.8) is 0 Å². The number of aldehydes is 1.